The first kappa shape index (κ1) is 18.2. The average Bonchev–Trinajstić information content (AvgIpc) is 3.13. The number of hydrogen-bond donors (Lipinski definition) is 1. The summed E-state index contributed by atoms with van der Waals surface area (Å²) >= 11 is 5.80. The van der Waals surface area contributed by atoms with E-state index in [2.05, 4.69) is 10.3 Å². The first-order chi connectivity index (χ1) is 13.0. The van der Waals surface area contributed by atoms with Gasteiger partial charge in [-0.15, -0.1) is 0 Å². The number of piperidine rings is 1. The third kappa shape index (κ3) is 3.90. The molecule has 142 valence electrons. The molecule has 0 bridgehead atoms. The summed E-state index contributed by atoms with van der Waals surface area (Å²) in [7, 11) is 0. The molecule has 8 heteroatoms. The number of halogens is 2. The van der Waals surface area contributed by atoms with Gasteiger partial charge < -0.3 is 19.7 Å². The molecular formula is C19H19ClFN3O3. The number of hydrogen-bond acceptors (Lipinski definition) is 5. The number of anilines is 2. The largest absolute Gasteiger partial charge is 0.354 e. The van der Waals surface area contributed by atoms with E-state index in [1.54, 1.807) is 23.2 Å². The molecule has 27 heavy (non-hydrogen) atoms. The van der Waals surface area contributed by atoms with Crippen LogP contribution >= 0.6 is 11.6 Å². The highest BCUT2D eigenvalue weighted by Crippen LogP contribution is 2.32. The number of carbonyl (C=O) groups excluding carboxylic acids is 1. The Morgan fingerprint density at radius 2 is 1.89 bits per heavy atom. The number of nitrogens with zero attached hydrogens (tertiary/aromatic N) is 2. The molecule has 2 aliphatic heterocycles. The molecule has 0 saturated carbocycles. The number of aromatic nitrogens is 1. The molecule has 1 N–H and O–H groups in total. The molecule has 0 aliphatic carbocycles. The maximum atomic E-state index is 13.3. The topological polar surface area (TPSA) is 63.7 Å². The number of nitrogens with one attached hydrogen (secondary N) is 1. The van der Waals surface area contributed by atoms with Crippen LogP contribution in [0, 0.1) is 5.82 Å². The molecule has 0 radical (unpaired) electrons. The first-order valence-corrected chi connectivity index (χ1v) is 9.17. The monoisotopic (exact) mass is 391 g/mol. The summed E-state index contributed by atoms with van der Waals surface area (Å²) in [4.78, 5) is 18.7. The van der Waals surface area contributed by atoms with E-state index in [0.717, 1.165) is 0 Å². The van der Waals surface area contributed by atoms with Crippen LogP contribution in [0.15, 0.2) is 36.7 Å². The molecule has 6 nitrogen and oxygen atoms in total. The van der Waals surface area contributed by atoms with Crippen LogP contribution in [0.2, 0.25) is 5.02 Å². The Morgan fingerprint density at radius 1 is 1.15 bits per heavy atom. The third-order valence-corrected chi connectivity index (χ3v) is 5.11. The van der Waals surface area contributed by atoms with Crippen LogP contribution in [0.5, 0.6) is 0 Å². The lowest BCUT2D eigenvalue weighted by Gasteiger charge is -2.37. The fourth-order valence-electron chi connectivity index (χ4n) is 3.38. The molecule has 1 aromatic carbocycles. The van der Waals surface area contributed by atoms with Gasteiger partial charge in [-0.3, -0.25) is 9.78 Å². The zero-order valence-corrected chi connectivity index (χ0v) is 15.3. The molecule has 2 aliphatic rings. The van der Waals surface area contributed by atoms with Crippen molar-refractivity contribution in [2.24, 2.45) is 0 Å². The van der Waals surface area contributed by atoms with Crippen molar-refractivity contribution in [2.45, 2.75) is 18.6 Å². The first-order valence-electron chi connectivity index (χ1n) is 8.79. The standard InChI is InChI=1S/C19H19ClFN3O3/c20-16-10-14(1-2-17(16)21)23-15-9-13(11-22-12-15)18(25)24-5-3-19(4-6-24)26-7-8-27-19/h1-2,9-12,23H,3-8H2. The lowest BCUT2D eigenvalue weighted by molar-refractivity contribution is -0.181. The van der Waals surface area contributed by atoms with E-state index >= 15 is 0 Å². The molecule has 3 heterocycles. The van der Waals surface area contributed by atoms with Crippen molar-refractivity contribution in [2.75, 3.05) is 31.6 Å². The lowest BCUT2D eigenvalue weighted by Crippen LogP contribution is -2.47. The Morgan fingerprint density at radius 3 is 2.59 bits per heavy atom. The van der Waals surface area contributed by atoms with Gasteiger partial charge in [-0.25, -0.2) is 4.39 Å². The zero-order chi connectivity index (χ0) is 18.9. The van der Waals surface area contributed by atoms with Gasteiger partial charge in [-0.05, 0) is 24.3 Å². The van der Waals surface area contributed by atoms with E-state index in [-0.39, 0.29) is 10.9 Å². The Labute approximate surface area is 161 Å². The molecule has 1 spiro atoms. The minimum Gasteiger partial charge on any atom is -0.354 e. The predicted molar refractivity (Wildman–Crippen MR) is 98.7 cm³/mol. The van der Waals surface area contributed by atoms with E-state index in [9.17, 15) is 9.18 Å². The SMILES string of the molecule is O=C(c1cncc(Nc2ccc(F)c(Cl)c2)c1)N1CCC2(CC1)OCCO2. The van der Waals surface area contributed by atoms with Gasteiger partial charge in [-0.1, -0.05) is 11.6 Å². The highest BCUT2D eigenvalue weighted by Gasteiger charge is 2.40. The molecule has 2 aromatic rings. The number of ether oxygens (including phenoxy) is 2. The molecule has 1 aromatic heterocycles. The van der Waals surface area contributed by atoms with Gasteiger partial charge in [0, 0.05) is 37.8 Å². The molecule has 2 saturated heterocycles. The van der Waals surface area contributed by atoms with E-state index in [1.807, 2.05) is 0 Å². The summed E-state index contributed by atoms with van der Waals surface area (Å²) in [5.41, 5.74) is 1.72. The summed E-state index contributed by atoms with van der Waals surface area (Å²) in [6.07, 6.45) is 4.47. The average molecular weight is 392 g/mol. The van der Waals surface area contributed by atoms with Crippen molar-refractivity contribution in [3.8, 4) is 0 Å². The van der Waals surface area contributed by atoms with Gasteiger partial charge in [0.2, 0.25) is 0 Å². The lowest BCUT2D eigenvalue weighted by atomic mass is 10.0. The van der Waals surface area contributed by atoms with E-state index in [0.29, 0.717) is 56.1 Å². The summed E-state index contributed by atoms with van der Waals surface area (Å²) in [6, 6.07) is 6.06. The number of benzene rings is 1. The molecule has 1 amide bonds. The predicted octanol–water partition coefficient (Wildman–Crippen LogP) is 3.60. The van der Waals surface area contributed by atoms with Crippen LogP contribution in [-0.2, 0) is 9.47 Å². The Balaban J connectivity index is 1.44. The second-order valence-electron chi connectivity index (χ2n) is 6.62. The number of amides is 1. The van der Waals surface area contributed by atoms with Gasteiger partial charge >= 0.3 is 0 Å². The van der Waals surface area contributed by atoms with Gasteiger partial charge in [-0.2, -0.15) is 0 Å². The summed E-state index contributed by atoms with van der Waals surface area (Å²) in [5, 5.41) is 3.11. The smallest absolute Gasteiger partial charge is 0.255 e. The number of rotatable bonds is 3. The van der Waals surface area contributed by atoms with Crippen LogP contribution in [0.4, 0.5) is 15.8 Å². The minimum absolute atomic E-state index is 0.0267. The summed E-state index contributed by atoms with van der Waals surface area (Å²) in [5.74, 6) is -1.08. The fraction of sp³-hybridized carbons (Fsp3) is 0.368. The highest BCUT2D eigenvalue weighted by atomic mass is 35.5. The Hall–Kier alpha value is -2.22. The van der Waals surface area contributed by atoms with Crippen molar-refractivity contribution in [1.29, 1.82) is 0 Å². The minimum atomic E-state index is -0.514. The second kappa shape index (κ2) is 7.42. The van der Waals surface area contributed by atoms with Crippen LogP contribution in [-0.4, -0.2) is 47.9 Å². The fourth-order valence-corrected chi connectivity index (χ4v) is 3.57. The van der Waals surface area contributed by atoms with Crippen molar-refractivity contribution in [3.05, 3.63) is 53.1 Å². The van der Waals surface area contributed by atoms with Gasteiger partial charge in [0.1, 0.15) is 5.82 Å². The van der Waals surface area contributed by atoms with Crippen molar-refractivity contribution < 1.29 is 18.7 Å². The Kier molecular flexibility index (Phi) is 4.99. The zero-order valence-electron chi connectivity index (χ0n) is 14.6. The number of carbonyl (C=O) groups is 1. The van der Waals surface area contributed by atoms with E-state index in [4.69, 9.17) is 21.1 Å². The van der Waals surface area contributed by atoms with Crippen LogP contribution in [0.1, 0.15) is 23.2 Å². The van der Waals surface area contributed by atoms with Crippen LogP contribution in [0.3, 0.4) is 0 Å². The normalized spacial score (nSPS) is 18.7. The maximum absolute atomic E-state index is 13.3. The molecule has 0 atom stereocenters. The van der Waals surface area contributed by atoms with Crippen LogP contribution < -0.4 is 5.32 Å². The Bertz CT molecular complexity index is 848. The molecule has 2 fully saturated rings. The summed E-state index contributed by atoms with van der Waals surface area (Å²) < 4.78 is 24.7. The van der Waals surface area contributed by atoms with Gasteiger partial charge in [0.15, 0.2) is 5.79 Å². The third-order valence-electron chi connectivity index (χ3n) is 4.82. The molecule has 0 unspecified atom stereocenters. The maximum Gasteiger partial charge on any atom is 0.255 e. The number of likely N-dealkylation sites (tertiary alicyclic amines) is 1. The van der Waals surface area contributed by atoms with E-state index < -0.39 is 11.6 Å². The van der Waals surface area contributed by atoms with Gasteiger partial charge in [0.05, 0.1) is 35.7 Å². The quantitative estimate of drug-likeness (QED) is 0.866. The van der Waals surface area contributed by atoms with Crippen molar-refractivity contribution in [1.82, 2.24) is 9.88 Å². The van der Waals surface area contributed by atoms with Crippen molar-refractivity contribution >= 4 is 28.9 Å². The number of pyridine rings is 1. The van der Waals surface area contributed by atoms with Gasteiger partial charge in [0.25, 0.3) is 5.91 Å². The van der Waals surface area contributed by atoms with Crippen molar-refractivity contribution in [3.63, 3.8) is 0 Å². The second-order valence-corrected chi connectivity index (χ2v) is 7.02. The van der Waals surface area contributed by atoms with Crippen LogP contribution in [0.25, 0.3) is 0 Å². The molecular weight excluding hydrogens is 373 g/mol. The van der Waals surface area contributed by atoms with E-state index in [1.165, 1.54) is 18.3 Å². The highest BCUT2D eigenvalue weighted by molar-refractivity contribution is 6.31. The molecule has 4 rings (SSSR count). The summed E-state index contributed by atoms with van der Waals surface area (Å²) in [6.45, 7) is 2.37.